The lowest BCUT2D eigenvalue weighted by molar-refractivity contribution is -0.234. The Kier molecular flexibility index (Phi) is 5.16. The van der Waals surface area contributed by atoms with Crippen molar-refractivity contribution in [3.63, 3.8) is 0 Å². The van der Waals surface area contributed by atoms with Crippen LogP contribution in [0.5, 0.6) is 0 Å². The molecule has 11 nitrogen and oxygen atoms in total. The Morgan fingerprint density at radius 2 is 2.03 bits per heavy atom. The van der Waals surface area contributed by atoms with Crippen molar-refractivity contribution < 1.29 is 18.9 Å². The number of aromatic nitrogens is 4. The van der Waals surface area contributed by atoms with Crippen LogP contribution in [-0.2, 0) is 26.1 Å². The molecule has 3 aromatic heterocycles. The molecule has 2 atom stereocenters. The molecule has 0 aromatic carbocycles. The molecule has 168 valence electrons. The van der Waals surface area contributed by atoms with E-state index in [1.54, 1.807) is 18.3 Å². The minimum Gasteiger partial charge on any atom is -0.354 e. The van der Waals surface area contributed by atoms with Crippen LogP contribution in [0.3, 0.4) is 0 Å². The van der Waals surface area contributed by atoms with Gasteiger partial charge in [-0.2, -0.15) is 10.0 Å². The van der Waals surface area contributed by atoms with E-state index in [1.165, 1.54) is 13.3 Å². The highest BCUT2D eigenvalue weighted by atomic mass is 32.2. The van der Waals surface area contributed by atoms with Crippen molar-refractivity contribution in [2.45, 2.75) is 48.8 Å². The first-order valence-corrected chi connectivity index (χ1v) is 11.5. The minimum absolute atomic E-state index is 0.298. The van der Waals surface area contributed by atoms with Gasteiger partial charge in [0.25, 0.3) is 5.91 Å². The lowest BCUT2D eigenvalue weighted by Gasteiger charge is -2.46. The molecule has 4 N–H and O–H groups in total. The Morgan fingerprint density at radius 1 is 1.25 bits per heavy atom. The van der Waals surface area contributed by atoms with E-state index >= 15 is 0 Å². The highest BCUT2D eigenvalue weighted by Crippen LogP contribution is 2.46. The summed E-state index contributed by atoms with van der Waals surface area (Å²) in [7, 11) is -0.160. The molecular weight excluding hydrogens is 434 g/mol. The van der Waals surface area contributed by atoms with Gasteiger partial charge in [0, 0.05) is 24.9 Å². The molecule has 0 bridgehead atoms. The van der Waals surface area contributed by atoms with Gasteiger partial charge in [0.2, 0.25) is 5.95 Å². The van der Waals surface area contributed by atoms with Crippen LogP contribution in [0.2, 0.25) is 0 Å². The maximum Gasteiger partial charge on any atom is 0.275 e. The van der Waals surface area contributed by atoms with Crippen molar-refractivity contribution in [1.82, 2.24) is 24.6 Å². The van der Waals surface area contributed by atoms with Gasteiger partial charge in [-0.05, 0) is 31.0 Å². The van der Waals surface area contributed by atoms with Crippen molar-refractivity contribution in [3.8, 4) is 0 Å². The summed E-state index contributed by atoms with van der Waals surface area (Å²) in [4.78, 5) is 27.0. The number of nitrogens with one attached hydrogen (secondary N) is 1. The number of hydrogen-bond donors (Lipinski definition) is 3. The molecule has 5 rings (SSSR count). The number of carbonyl (C=O) groups excluding carboxylic acids is 1. The molecule has 2 aliphatic rings. The van der Waals surface area contributed by atoms with Gasteiger partial charge in [-0.25, -0.2) is 19.3 Å². The van der Waals surface area contributed by atoms with E-state index in [1.807, 2.05) is 10.6 Å². The molecule has 1 fully saturated rings. The molecule has 0 saturated heterocycles. The van der Waals surface area contributed by atoms with E-state index in [9.17, 15) is 14.2 Å². The molecule has 1 aliphatic carbocycles. The molecule has 2 unspecified atom stereocenters. The van der Waals surface area contributed by atoms with Crippen molar-refractivity contribution in [1.29, 1.82) is 0 Å². The number of methoxy groups -OCH3 is 1. The fourth-order valence-corrected chi connectivity index (χ4v) is 5.08. The quantitative estimate of drug-likeness (QED) is 0.504. The smallest absolute Gasteiger partial charge is 0.275 e. The zero-order valence-corrected chi connectivity index (χ0v) is 18.2. The van der Waals surface area contributed by atoms with Gasteiger partial charge in [0.15, 0.2) is 6.23 Å². The number of ether oxygens (including phenoxy) is 1. The predicted octanol–water partition coefficient (Wildman–Crippen LogP) is 2.09. The number of nitrogens with two attached hydrogens (primary N) is 1. The average molecular weight is 458 g/mol. The van der Waals surface area contributed by atoms with Crippen LogP contribution < -0.4 is 10.5 Å². The zero-order chi connectivity index (χ0) is 22.5. The summed E-state index contributed by atoms with van der Waals surface area (Å²) in [5.41, 5.74) is 0.337. The van der Waals surface area contributed by atoms with Crippen LogP contribution in [0.1, 0.15) is 44.0 Å². The Bertz CT molecular complexity index is 1210. The standard InChI is InChI=1S/C20H23N7O4S/c1-31-17-14-9-12-10-23-19(24-15-6-5-13(11-22-15)32(21)30)25-16(12)26(14)20(18(28)27(17)29)7-3-2-4-8-20/h5-6,9-11,17,29H,2-4,7-8,21H2,1H3,(H,22,23,24,25). The van der Waals surface area contributed by atoms with Crippen molar-refractivity contribution in [3.05, 3.63) is 36.3 Å². The molecular formula is C20H23N7O4S. The highest BCUT2D eigenvalue weighted by Gasteiger charge is 2.52. The third-order valence-corrected chi connectivity index (χ3v) is 6.90. The molecule has 3 aromatic rings. The van der Waals surface area contributed by atoms with E-state index < -0.39 is 22.8 Å². The number of pyridine rings is 1. The van der Waals surface area contributed by atoms with Crippen LogP contribution in [0.15, 0.2) is 35.5 Å². The summed E-state index contributed by atoms with van der Waals surface area (Å²) >= 11 is 0. The van der Waals surface area contributed by atoms with Gasteiger partial charge in [-0.3, -0.25) is 10.0 Å². The van der Waals surface area contributed by atoms with Gasteiger partial charge in [0.1, 0.15) is 28.0 Å². The van der Waals surface area contributed by atoms with Crippen LogP contribution in [0, 0.1) is 0 Å². The van der Waals surface area contributed by atoms with Crippen LogP contribution in [-0.4, -0.2) is 47.0 Å². The third kappa shape index (κ3) is 3.18. The molecule has 4 heterocycles. The zero-order valence-electron chi connectivity index (χ0n) is 17.4. The first-order chi connectivity index (χ1) is 15.4. The third-order valence-electron chi connectivity index (χ3n) is 6.19. The fraction of sp³-hybridized carbons (Fsp3) is 0.400. The molecule has 32 heavy (non-hydrogen) atoms. The van der Waals surface area contributed by atoms with Gasteiger partial charge < -0.3 is 14.6 Å². The number of rotatable bonds is 4. The number of hydroxylamine groups is 2. The van der Waals surface area contributed by atoms with Crippen molar-refractivity contribution in [2.75, 3.05) is 12.4 Å². The summed E-state index contributed by atoms with van der Waals surface area (Å²) in [6.45, 7) is 0. The van der Waals surface area contributed by atoms with Crippen molar-refractivity contribution >= 4 is 39.7 Å². The number of anilines is 2. The summed E-state index contributed by atoms with van der Waals surface area (Å²) in [6.07, 6.45) is 6.19. The number of hydrogen-bond acceptors (Lipinski definition) is 8. The Morgan fingerprint density at radius 3 is 2.69 bits per heavy atom. The van der Waals surface area contributed by atoms with Gasteiger partial charge in [-0.15, -0.1) is 0 Å². The number of carbonyl (C=O) groups is 1. The lowest BCUT2D eigenvalue weighted by atomic mass is 9.79. The second kappa shape index (κ2) is 7.89. The number of fused-ring (bicyclic) bond motifs is 4. The van der Waals surface area contributed by atoms with E-state index in [0.29, 0.717) is 45.9 Å². The van der Waals surface area contributed by atoms with Gasteiger partial charge >= 0.3 is 0 Å². The topological polar surface area (TPSA) is 148 Å². The monoisotopic (exact) mass is 457 g/mol. The largest absolute Gasteiger partial charge is 0.354 e. The summed E-state index contributed by atoms with van der Waals surface area (Å²) in [6, 6.07) is 5.10. The average Bonchev–Trinajstić information content (AvgIpc) is 3.18. The van der Waals surface area contributed by atoms with Gasteiger partial charge in [0.05, 0.1) is 10.6 Å². The summed E-state index contributed by atoms with van der Waals surface area (Å²) < 4.78 is 18.7. The minimum atomic E-state index is -1.61. The fourth-order valence-electron chi connectivity index (χ4n) is 4.72. The lowest BCUT2D eigenvalue weighted by Crippen LogP contribution is -2.56. The van der Waals surface area contributed by atoms with Crippen LogP contribution in [0.4, 0.5) is 11.8 Å². The number of nitrogens with zero attached hydrogens (tertiary/aromatic N) is 5. The second-order valence-corrected chi connectivity index (χ2v) is 9.07. The Hall–Kier alpha value is -2.93. The summed E-state index contributed by atoms with van der Waals surface area (Å²) in [5, 5.41) is 20.4. The second-order valence-electron chi connectivity index (χ2n) is 8.01. The predicted molar refractivity (Wildman–Crippen MR) is 115 cm³/mol. The molecule has 1 spiro atoms. The summed E-state index contributed by atoms with van der Waals surface area (Å²) in [5.74, 6) is 0.379. The molecule has 1 amide bonds. The first kappa shape index (κ1) is 20.9. The molecule has 1 saturated carbocycles. The highest BCUT2D eigenvalue weighted by molar-refractivity contribution is 7.82. The molecule has 12 heteroatoms. The SMILES string of the molecule is COC1c2cc3cnc(Nc4ccc(S(N)=O)cn4)nc3n2C2(CCCCC2)C(=O)N1O. The van der Waals surface area contributed by atoms with Crippen LogP contribution in [0.25, 0.3) is 11.0 Å². The van der Waals surface area contributed by atoms with E-state index in [-0.39, 0.29) is 5.91 Å². The molecule has 0 radical (unpaired) electrons. The normalized spacial score (nSPS) is 21.0. The maximum absolute atomic E-state index is 13.3. The van der Waals surface area contributed by atoms with Crippen molar-refractivity contribution in [2.24, 2.45) is 5.14 Å². The molecule has 1 aliphatic heterocycles. The van der Waals surface area contributed by atoms with Gasteiger partial charge in [-0.1, -0.05) is 19.3 Å². The van der Waals surface area contributed by atoms with E-state index in [0.717, 1.165) is 24.6 Å². The van der Waals surface area contributed by atoms with Crippen LogP contribution >= 0.6 is 0 Å². The Labute approximate surface area is 186 Å². The number of amides is 1. The van der Waals surface area contributed by atoms with E-state index in [2.05, 4.69) is 20.3 Å². The first-order valence-electron chi connectivity index (χ1n) is 10.3. The van der Waals surface area contributed by atoms with E-state index in [4.69, 9.17) is 9.88 Å². The Balaban J connectivity index is 1.61. The maximum atomic E-state index is 13.3.